The van der Waals surface area contributed by atoms with E-state index in [1.54, 1.807) is 16.7 Å². The molecule has 2 rings (SSSR count). The van der Waals surface area contributed by atoms with Crippen LogP contribution in [0.15, 0.2) is 18.3 Å². The second-order valence-electron chi connectivity index (χ2n) is 2.93. The number of hydrogen-bond acceptors (Lipinski definition) is 2. The van der Waals surface area contributed by atoms with Crippen LogP contribution in [0, 0.1) is 3.70 Å². The third-order valence-electron chi connectivity index (χ3n) is 2.00. The summed E-state index contributed by atoms with van der Waals surface area (Å²) in [7, 11) is 0. The Labute approximate surface area is 104 Å². The number of halogens is 2. The van der Waals surface area contributed by atoms with Gasteiger partial charge in [-0.05, 0) is 34.7 Å². The molecule has 15 heavy (non-hydrogen) atoms. The minimum Gasteiger partial charge on any atom is -0.478 e. The minimum absolute atomic E-state index is 0.235. The van der Waals surface area contributed by atoms with Gasteiger partial charge in [-0.1, -0.05) is 0 Å². The van der Waals surface area contributed by atoms with Crippen molar-refractivity contribution in [2.75, 3.05) is 0 Å². The molecule has 0 unspecified atom stereocenters. The van der Waals surface area contributed by atoms with Crippen molar-refractivity contribution in [1.82, 2.24) is 9.38 Å². The molecule has 6 heteroatoms. The summed E-state index contributed by atoms with van der Waals surface area (Å²) >= 11 is 7.81. The highest BCUT2D eigenvalue weighted by Crippen LogP contribution is 2.17. The Kier molecular flexibility index (Phi) is 2.83. The molecular formula is C9H6ClIN2O2. The molecule has 2 aromatic rings. The number of hydrogen-bond donors (Lipinski definition) is 1. The third kappa shape index (κ3) is 1.81. The van der Waals surface area contributed by atoms with Gasteiger partial charge in [0.1, 0.15) is 9.35 Å². The highest BCUT2D eigenvalue weighted by Gasteiger charge is 2.10. The van der Waals surface area contributed by atoms with Gasteiger partial charge in [0, 0.05) is 6.20 Å². The largest absolute Gasteiger partial charge is 0.478 e. The van der Waals surface area contributed by atoms with E-state index in [2.05, 4.69) is 27.6 Å². The summed E-state index contributed by atoms with van der Waals surface area (Å²) in [5.74, 6) is -0.628. The molecule has 4 nitrogen and oxygen atoms in total. The number of carboxylic acid groups (broad SMARTS) is 1. The summed E-state index contributed by atoms with van der Waals surface area (Å²) in [6.45, 7) is 0. The first kappa shape index (κ1) is 10.7. The zero-order chi connectivity index (χ0) is 11.0. The van der Waals surface area contributed by atoms with Gasteiger partial charge < -0.3 is 5.11 Å². The summed E-state index contributed by atoms with van der Waals surface area (Å²) < 4.78 is 2.57. The van der Waals surface area contributed by atoms with Crippen LogP contribution in [0.4, 0.5) is 0 Å². The minimum atomic E-state index is -0.950. The van der Waals surface area contributed by atoms with Gasteiger partial charge in [0.25, 0.3) is 0 Å². The maximum atomic E-state index is 10.8. The lowest BCUT2D eigenvalue weighted by Crippen LogP contribution is -1.99. The number of carboxylic acids is 1. The molecule has 0 aromatic carbocycles. The molecule has 0 aliphatic carbocycles. The maximum Gasteiger partial charge on any atom is 0.337 e. The van der Waals surface area contributed by atoms with E-state index in [0.29, 0.717) is 11.5 Å². The standard InChI is InChI=1S/C9H6ClIN2O2/c10-3-6-8(11)13-4-5(9(14)15)1-2-7(13)12-6/h1-2,4H,3H2,(H,14,15). The molecule has 0 aliphatic heterocycles. The predicted octanol–water partition coefficient (Wildman–Crippen LogP) is 2.38. The summed E-state index contributed by atoms with van der Waals surface area (Å²) in [4.78, 5) is 15.0. The molecule has 0 bridgehead atoms. The average molecular weight is 337 g/mol. The molecule has 2 heterocycles. The van der Waals surface area contributed by atoms with E-state index in [4.69, 9.17) is 16.7 Å². The maximum absolute atomic E-state index is 10.8. The number of aromatic carboxylic acids is 1. The topological polar surface area (TPSA) is 54.6 Å². The highest BCUT2D eigenvalue weighted by molar-refractivity contribution is 14.1. The average Bonchev–Trinajstić information content (AvgIpc) is 2.55. The van der Waals surface area contributed by atoms with Crippen molar-refractivity contribution in [1.29, 1.82) is 0 Å². The number of rotatable bonds is 2. The fourth-order valence-corrected chi connectivity index (χ4v) is 2.39. The van der Waals surface area contributed by atoms with Crippen LogP contribution in [-0.2, 0) is 5.88 Å². The number of fused-ring (bicyclic) bond motifs is 1. The van der Waals surface area contributed by atoms with Crippen molar-refractivity contribution in [3.8, 4) is 0 Å². The number of alkyl halides is 1. The Bertz CT molecular complexity index is 538. The van der Waals surface area contributed by atoms with E-state index in [1.165, 1.54) is 6.07 Å². The van der Waals surface area contributed by atoms with E-state index < -0.39 is 5.97 Å². The molecule has 0 saturated carbocycles. The van der Waals surface area contributed by atoms with Gasteiger partial charge >= 0.3 is 5.97 Å². The molecule has 2 aromatic heterocycles. The van der Waals surface area contributed by atoms with Crippen LogP contribution in [0.1, 0.15) is 16.1 Å². The second kappa shape index (κ2) is 3.97. The SMILES string of the molecule is O=C(O)c1ccc2nc(CCl)c(I)n2c1. The van der Waals surface area contributed by atoms with Gasteiger partial charge in [0.2, 0.25) is 0 Å². The molecule has 1 N–H and O–H groups in total. The van der Waals surface area contributed by atoms with E-state index >= 15 is 0 Å². The van der Waals surface area contributed by atoms with Crippen LogP contribution in [0.2, 0.25) is 0 Å². The lowest BCUT2D eigenvalue weighted by molar-refractivity contribution is 0.0696. The molecule has 0 saturated heterocycles. The Balaban J connectivity index is 2.70. The second-order valence-corrected chi connectivity index (χ2v) is 4.22. The van der Waals surface area contributed by atoms with Crippen molar-refractivity contribution in [3.63, 3.8) is 0 Å². The van der Waals surface area contributed by atoms with Crippen molar-refractivity contribution in [2.45, 2.75) is 5.88 Å². The van der Waals surface area contributed by atoms with E-state index in [0.717, 1.165) is 9.39 Å². The smallest absolute Gasteiger partial charge is 0.337 e. The Morgan fingerprint density at radius 1 is 1.60 bits per heavy atom. The molecule has 0 fully saturated rings. The fourth-order valence-electron chi connectivity index (χ4n) is 1.28. The summed E-state index contributed by atoms with van der Waals surface area (Å²) in [6.07, 6.45) is 1.54. The summed E-state index contributed by atoms with van der Waals surface area (Å²) in [5.41, 5.74) is 1.71. The Hall–Kier alpha value is -0.820. The van der Waals surface area contributed by atoms with Crippen molar-refractivity contribution in [3.05, 3.63) is 33.3 Å². The number of nitrogens with zero attached hydrogens (tertiary/aromatic N) is 2. The summed E-state index contributed by atoms with van der Waals surface area (Å²) in [6, 6.07) is 3.19. The molecule has 0 spiro atoms. The number of imidazole rings is 1. The van der Waals surface area contributed by atoms with Gasteiger partial charge in [-0.3, -0.25) is 4.40 Å². The molecule has 78 valence electrons. The van der Waals surface area contributed by atoms with Gasteiger partial charge in [0.15, 0.2) is 0 Å². The first-order valence-corrected chi connectivity index (χ1v) is 5.70. The summed E-state index contributed by atoms with van der Waals surface area (Å²) in [5, 5.41) is 8.84. The lowest BCUT2D eigenvalue weighted by Gasteiger charge is -1.97. The molecule has 0 radical (unpaired) electrons. The third-order valence-corrected chi connectivity index (χ3v) is 3.40. The lowest BCUT2D eigenvalue weighted by atomic mass is 10.3. The zero-order valence-electron chi connectivity index (χ0n) is 7.44. The van der Waals surface area contributed by atoms with Gasteiger partial charge in [-0.2, -0.15) is 0 Å². The fraction of sp³-hybridized carbons (Fsp3) is 0.111. The van der Waals surface area contributed by atoms with Gasteiger partial charge in [-0.25, -0.2) is 9.78 Å². The predicted molar refractivity (Wildman–Crippen MR) is 64.4 cm³/mol. The Morgan fingerprint density at radius 2 is 2.33 bits per heavy atom. The van der Waals surface area contributed by atoms with Gasteiger partial charge in [-0.15, -0.1) is 11.6 Å². The van der Waals surface area contributed by atoms with Crippen LogP contribution in [-0.4, -0.2) is 20.5 Å². The van der Waals surface area contributed by atoms with E-state index in [9.17, 15) is 4.79 Å². The molecule has 0 amide bonds. The first-order chi connectivity index (χ1) is 7.13. The molecular weight excluding hydrogens is 330 g/mol. The van der Waals surface area contributed by atoms with Crippen LogP contribution < -0.4 is 0 Å². The van der Waals surface area contributed by atoms with Gasteiger partial charge in [0.05, 0.1) is 17.1 Å². The molecule has 0 atom stereocenters. The number of pyridine rings is 1. The van der Waals surface area contributed by atoms with Crippen LogP contribution in [0.25, 0.3) is 5.65 Å². The zero-order valence-corrected chi connectivity index (χ0v) is 10.4. The quantitative estimate of drug-likeness (QED) is 0.677. The first-order valence-electron chi connectivity index (χ1n) is 4.09. The van der Waals surface area contributed by atoms with Crippen LogP contribution in [0.3, 0.4) is 0 Å². The van der Waals surface area contributed by atoms with E-state index in [1.807, 2.05) is 0 Å². The number of carbonyl (C=O) groups is 1. The van der Waals surface area contributed by atoms with Crippen LogP contribution >= 0.6 is 34.2 Å². The Morgan fingerprint density at radius 3 is 2.93 bits per heavy atom. The van der Waals surface area contributed by atoms with Crippen molar-refractivity contribution >= 4 is 45.8 Å². The van der Waals surface area contributed by atoms with Crippen LogP contribution in [0.5, 0.6) is 0 Å². The van der Waals surface area contributed by atoms with E-state index in [-0.39, 0.29) is 5.56 Å². The number of aromatic nitrogens is 2. The molecule has 0 aliphatic rings. The highest BCUT2D eigenvalue weighted by atomic mass is 127. The normalized spacial score (nSPS) is 10.8. The van der Waals surface area contributed by atoms with Crippen molar-refractivity contribution < 1.29 is 9.90 Å². The van der Waals surface area contributed by atoms with Crippen molar-refractivity contribution in [2.24, 2.45) is 0 Å². The monoisotopic (exact) mass is 336 g/mol.